The average molecular weight is 241 g/mol. The number of para-hydroxylation sites is 1. The summed E-state index contributed by atoms with van der Waals surface area (Å²) in [6.07, 6.45) is 0.173. The lowest BCUT2D eigenvalue weighted by atomic mass is 10.2. The molecule has 0 radical (unpaired) electrons. The lowest BCUT2D eigenvalue weighted by Gasteiger charge is -2.06. The minimum atomic E-state index is -0.569. The zero-order chi connectivity index (χ0) is 12.8. The minimum Gasteiger partial charge on any atom is -0.410 e. The molecule has 1 N–H and O–H groups in total. The molecule has 2 aromatic carbocycles. The SMILES string of the molecule is O=Cc1ccc(NC(=O)Oc2ccccc2)cc1. The second kappa shape index (κ2) is 5.63. The van der Waals surface area contributed by atoms with Gasteiger partial charge in [-0.05, 0) is 36.4 Å². The van der Waals surface area contributed by atoms with Gasteiger partial charge in [0.05, 0.1) is 0 Å². The fourth-order valence-electron chi connectivity index (χ4n) is 1.38. The Morgan fingerprint density at radius 1 is 1.00 bits per heavy atom. The molecule has 0 saturated heterocycles. The van der Waals surface area contributed by atoms with Gasteiger partial charge in [-0.2, -0.15) is 0 Å². The molecule has 4 heteroatoms. The molecule has 0 aliphatic rings. The normalized spacial score (nSPS) is 9.56. The third kappa shape index (κ3) is 3.18. The van der Waals surface area contributed by atoms with Crippen molar-refractivity contribution in [3.63, 3.8) is 0 Å². The Morgan fingerprint density at radius 2 is 1.67 bits per heavy atom. The molecule has 0 saturated carbocycles. The Kier molecular flexibility index (Phi) is 3.71. The predicted octanol–water partition coefficient (Wildman–Crippen LogP) is 3.11. The zero-order valence-corrected chi connectivity index (χ0v) is 9.50. The highest BCUT2D eigenvalue weighted by Crippen LogP contribution is 2.12. The van der Waals surface area contributed by atoms with E-state index in [-0.39, 0.29) is 0 Å². The van der Waals surface area contributed by atoms with E-state index in [0.717, 1.165) is 6.29 Å². The van der Waals surface area contributed by atoms with Crippen molar-refractivity contribution in [3.05, 3.63) is 60.2 Å². The molecule has 18 heavy (non-hydrogen) atoms. The van der Waals surface area contributed by atoms with Crippen LogP contribution in [-0.2, 0) is 0 Å². The van der Waals surface area contributed by atoms with E-state index in [1.54, 1.807) is 48.5 Å². The Morgan fingerprint density at radius 3 is 2.28 bits per heavy atom. The molecule has 0 aliphatic heterocycles. The van der Waals surface area contributed by atoms with E-state index in [9.17, 15) is 9.59 Å². The van der Waals surface area contributed by atoms with E-state index >= 15 is 0 Å². The van der Waals surface area contributed by atoms with Crippen LogP contribution in [-0.4, -0.2) is 12.4 Å². The molecule has 0 aliphatic carbocycles. The number of anilines is 1. The second-order valence-corrected chi connectivity index (χ2v) is 3.57. The first kappa shape index (κ1) is 11.9. The van der Waals surface area contributed by atoms with Crippen LogP contribution in [0.15, 0.2) is 54.6 Å². The molecule has 0 fully saturated rings. The van der Waals surface area contributed by atoms with E-state index in [0.29, 0.717) is 17.0 Å². The van der Waals surface area contributed by atoms with Crippen LogP contribution in [0, 0.1) is 0 Å². The number of hydrogen-bond acceptors (Lipinski definition) is 3. The Bertz CT molecular complexity index is 535. The smallest absolute Gasteiger partial charge is 0.410 e. The quantitative estimate of drug-likeness (QED) is 0.840. The lowest BCUT2D eigenvalue weighted by molar-refractivity contribution is 0.112. The van der Waals surface area contributed by atoms with Crippen molar-refractivity contribution >= 4 is 18.1 Å². The van der Waals surface area contributed by atoms with Gasteiger partial charge in [0.2, 0.25) is 0 Å². The van der Waals surface area contributed by atoms with Crippen molar-refractivity contribution < 1.29 is 14.3 Å². The number of rotatable bonds is 3. The van der Waals surface area contributed by atoms with Gasteiger partial charge in [0.25, 0.3) is 0 Å². The second-order valence-electron chi connectivity index (χ2n) is 3.57. The summed E-state index contributed by atoms with van der Waals surface area (Å²) in [7, 11) is 0. The van der Waals surface area contributed by atoms with Gasteiger partial charge in [0.1, 0.15) is 12.0 Å². The molecule has 0 bridgehead atoms. The summed E-state index contributed by atoms with van der Waals surface area (Å²) >= 11 is 0. The van der Waals surface area contributed by atoms with Crippen molar-refractivity contribution in [1.29, 1.82) is 0 Å². The number of hydrogen-bond donors (Lipinski definition) is 1. The number of aldehydes is 1. The first-order valence-corrected chi connectivity index (χ1v) is 5.37. The molecule has 90 valence electrons. The maximum absolute atomic E-state index is 11.5. The molecule has 0 atom stereocenters. The van der Waals surface area contributed by atoms with Gasteiger partial charge in [0.15, 0.2) is 0 Å². The van der Waals surface area contributed by atoms with Crippen molar-refractivity contribution in [2.75, 3.05) is 5.32 Å². The molecule has 0 heterocycles. The van der Waals surface area contributed by atoms with E-state index in [1.807, 2.05) is 6.07 Å². The van der Waals surface area contributed by atoms with Crippen molar-refractivity contribution in [2.24, 2.45) is 0 Å². The Hall–Kier alpha value is -2.62. The number of nitrogens with one attached hydrogen (secondary N) is 1. The van der Waals surface area contributed by atoms with Crippen LogP contribution >= 0.6 is 0 Å². The van der Waals surface area contributed by atoms with Crippen LogP contribution in [0.5, 0.6) is 5.75 Å². The maximum Gasteiger partial charge on any atom is 0.417 e. The number of carbonyl (C=O) groups is 2. The molecule has 4 nitrogen and oxygen atoms in total. The highest BCUT2D eigenvalue weighted by atomic mass is 16.6. The van der Waals surface area contributed by atoms with Gasteiger partial charge >= 0.3 is 6.09 Å². The highest BCUT2D eigenvalue weighted by molar-refractivity contribution is 5.87. The van der Waals surface area contributed by atoms with Crippen molar-refractivity contribution in [1.82, 2.24) is 0 Å². The summed E-state index contributed by atoms with van der Waals surface area (Å²) < 4.78 is 5.06. The summed E-state index contributed by atoms with van der Waals surface area (Å²) in [5.41, 5.74) is 1.12. The first-order valence-electron chi connectivity index (χ1n) is 5.37. The van der Waals surface area contributed by atoms with Gasteiger partial charge in [-0.15, -0.1) is 0 Å². The van der Waals surface area contributed by atoms with Crippen LogP contribution in [0.3, 0.4) is 0 Å². The van der Waals surface area contributed by atoms with Crippen LogP contribution < -0.4 is 10.1 Å². The molecule has 0 spiro atoms. The van der Waals surface area contributed by atoms with E-state index in [1.165, 1.54) is 0 Å². The van der Waals surface area contributed by atoms with Crippen LogP contribution in [0.2, 0.25) is 0 Å². The average Bonchev–Trinajstić information content (AvgIpc) is 2.40. The summed E-state index contributed by atoms with van der Waals surface area (Å²) in [5.74, 6) is 0.472. The Balaban J connectivity index is 1.96. The van der Waals surface area contributed by atoms with Gasteiger partial charge in [-0.1, -0.05) is 18.2 Å². The zero-order valence-electron chi connectivity index (χ0n) is 9.50. The topological polar surface area (TPSA) is 55.4 Å². The molecule has 0 aromatic heterocycles. The minimum absolute atomic E-state index is 0.472. The molecular weight excluding hydrogens is 230 g/mol. The van der Waals surface area contributed by atoms with E-state index in [4.69, 9.17) is 4.74 Å². The van der Waals surface area contributed by atoms with Crippen LogP contribution in [0.4, 0.5) is 10.5 Å². The molecule has 2 rings (SSSR count). The lowest BCUT2D eigenvalue weighted by Crippen LogP contribution is -2.16. The third-order valence-corrected chi connectivity index (χ3v) is 2.25. The molecule has 1 amide bonds. The number of carbonyl (C=O) groups excluding carboxylic acids is 2. The van der Waals surface area contributed by atoms with Crippen molar-refractivity contribution in [3.8, 4) is 5.75 Å². The maximum atomic E-state index is 11.5. The van der Waals surface area contributed by atoms with Crippen LogP contribution in [0.25, 0.3) is 0 Å². The molecule has 2 aromatic rings. The fraction of sp³-hybridized carbons (Fsp3) is 0. The van der Waals surface area contributed by atoms with Gasteiger partial charge in [0, 0.05) is 11.3 Å². The summed E-state index contributed by atoms with van der Waals surface area (Å²) in [6.45, 7) is 0. The highest BCUT2D eigenvalue weighted by Gasteiger charge is 2.04. The van der Waals surface area contributed by atoms with E-state index in [2.05, 4.69) is 5.32 Å². The number of ether oxygens (including phenoxy) is 1. The summed E-state index contributed by atoms with van der Waals surface area (Å²) in [4.78, 5) is 22.0. The number of benzene rings is 2. The Labute approximate surface area is 104 Å². The van der Waals surface area contributed by atoms with E-state index < -0.39 is 6.09 Å². The van der Waals surface area contributed by atoms with Gasteiger partial charge in [-0.25, -0.2) is 4.79 Å². The fourth-order valence-corrected chi connectivity index (χ4v) is 1.38. The van der Waals surface area contributed by atoms with Gasteiger partial charge < -0.3 is 4.74 Å². The van der Waals surface area contributed by atoms with Crippen LogP contribution in [0.1, 0.15) is 10.4 Å². The third-order valence-electron chi connectivity index (χ3n) is 2.25. The van der Waals surface area contributed by atoms with Gasteiger partial charge in [-0.3, -0.25) is 10.1 Å². The predicted molar refractivity (Wildman–Crippen MR) is 67.9 cm³/mol. The molecular formula is C14H11NO3. The standard InChI is InChI=1S/C14H11NO3/c16-10-11-6-8-12(9-7-11)15-14(17)18-13-4-2-1-3-5-13/h1-10H,(H,15,17). The summed E-state index contributed by atoms with van der Waals surface area (Å²) in [5, 5.41) is 2.56. The number of amides is 1. The molecule has 0 unspecified atom stereocenters. The summed E-state index contributed by atoms with van der Waals surface area (Å²) in [6, 6.07) is 15.3. The van der Waals surface area contributed by atoms with Crippen molar-refractivity contribution in [2.45, 2.75) is 0 Å². The largest absolute Gasteiger partial charge is 0.417 e. The monoisotopic (exact) mass is 241 g/mol. The first-order chi connectivity index (χ1) is 8.78.